The van der Waals surface area contributed by atoms with Gasteiger partial charge in [0.2, 0.25) is 20.0 Å². The van der Waals surface area contributed by atoms with Gasteiger partial charge in [0.25, 0.3) is 0 Å². The van der Waals surface area contributed by atoms with Crippen LogP contribution in [0.4, 0.5) is 0 Å². The Balaban J connectivity index is 1.70. The highest BCUT2D eigenvalue weighted by Crippen LogP contribution is 2.36. The van der Waals surface area contributed by atoms with Crippen LogP contribution >= 0.6 is 0 Å². The summed E-state index contributed by atoms with van der Waals surface area (Å²) in [7, 11) is -7.67. The quantitative estimate of drug-likeness (QED) is 0.207. The molecule has 2 aromatic carbocycles. The minimum Gasteiger partial charge on any atom is -0.249 e. The first kappa shape index (κ1) is 33.5. The van der Waals surface area contributed by atoms with Crippen LogP contribution in [-0.4, -0.2) is 26.8 Å². The van der Waals surface area contributed by atoms with E-state index in [1.54, 1.807) is 60.7 Å². The molecule has 8 nitrogen and oxygen atoms in total. The minimum atomic E-state index is -3.83. The molecule has 44 heavy (non-hydrogen) atoms. The number of rotatable bonds is 9. The molecule has 10 heteroatoms. The SMILES string of the molecule is Cc1ccc(S(=O)(=O)N[C@@H](c2cccc(-c3cccc([C@H](NS(=O)(=O)c4ccc(C)cc4)C(C)(C)C)n3)n2)C(C)(C)C)cc1. The standard InChI is InChI=1S/C34H42N4O4S2/c1-23-15-19-25(20-16-23)43(39,40)37-31(33(3,4)5)29-13-9-11-27(35-29)28-12-10-14-30(36-28)32(34(6,7)8)38-44(41,42)26-21-17-24(2)18-22-26/h9-22,31-32,37-38H,1-8H3/t31-,32-/m0/s1. The maximum Gasteiger partial charge on any atom is 0.241 e. The fraction of sp³-hybridized carbons (Fsp3) is 0.353. The maximum absolute atomic E-state index is 13.4. The van der Waals surface area contributed by atoms with E-state index in [0.717, 1.165) is 11.1 Å². The lowest BCUT2D eigenvalue weighted by Crippen LogP contribution is -2.37. The zero-order chi connectivity index (χ0) is 32.5. The third-order valence-electron chi connectivity index (χ3n) is 7.34. The Kier molecular flexibility index (Phi) is 9.51. The molecular formula is C34H42N4O4S2. The highest BCUT2D eigenvalue weighted by molar-refractivity contribution is 7.89. The molecule has 0 aliphatic rings. The Morgan fingerprint density at radius 2 is 0.841 bits per heavy atom. The number of pyridine rings is 2. The van der Waals surface area contributed by atoms with Gasteiger partial charge >= 0.3 is 0 Å². The van der Waals surface area contributed by atoms with Gasteiger partial charge in [0, 0.05) is 0 Å². The predicted octanol–water partition coefficient (Wildman–Crippen LogP) is 6.89. The summed E-state index contributed by atoms with van der Waals surface area (Å²) in [5.41, 5.74) is 3.10. The second kappa shape index (κ2) is 12.5. The van der Waals surface area contributed by atoms with E-state index < -0.39 is 43.0 Å². The third kappa shape index (κ3) is 7.98. The second-order valence-corrected chi connectivity index (χ2v) is 16.8. The maximum atomic E-state index is 13.4. The molecule has 0 unspecified atom stereocenters. The molecule has 0 spiro atoms. The second-order valence-electron chi connectivity index (χ2n) is 13.4. The Labute approximate surface area is 262 Å². The summed E-state index contributed by atoms with van der Waals surface area (Å²) >= 11 is 0. The number of aromatic nitrogens is 2. The summed E-state index contributed by atoms with van der Waals surface area (Å²) in [6, 6.07) is 23.0. The van der Waals surface area contributed by atoms with Gasteiger partial charge in [0.15, 0.2) is 0 Å². The average Bonchev–Trinajstić information content (AvgIpc) is 2.94. The molecule has 0 radical (unpaired) electrons. The van der Waals surface area contributed by atoms with Crippen LogP contribution in [0.15, 0.2) is 94.7 Å². The van der Waals surface area contributed by atoms with E-state index in [9.17, 15) is 16.8 Å². The van der Waals surface area contributed by atoms with E-state index >= 15 is 0 Å². The molecule has 2 N–H and O–H groups in total. The van der Waals surface area contributed by atoms with Crippen LogP contribution in [-0.2, 0) is 20.0 Å². The molecule has 0 aliphatic carbocycles. The molecule has 2 aromatic heterocycles. The molecule has 4 aromatic rings. The molecule has 4 rings (SSSR count). The first-order valence-corrected chi connectivity index (χ1v) is 17.5. The van der Waals surface area contributed by atoms with E-state index in [0.29, 0.717) is 22.8 Å². The lowest BCUT2D eigenvalue weighted by Gasteiger charge is -2.31. The van der Waals surface area contributed by atoms with Crippen molar-refractivity contribution >= 4 is 20.0 Å². The number of benzene rings is 2. The van der Waals surface area contributed by atoms with Gasteiger partial charge in [-0.1, -0.05) is 89.1 Å². The Morgan fingerprint density at radius 1 is 0.523 bits per heavy atom. The Hall–Kier alpha value is -3.44. The Bertz CT molecular complexity index is 1690. The van der Waals surface area contributed by atoms with E-state index in [4.69, 9.17) is 9.97 Å². The van der Waals surface area contributed by atoms with Crippen molar-refractivity contribution < 1.29 is 16.8 Å². The van der Waals surface area contributed by atoms with Crippen LogP contribution in [0.5, 0.6) is 0 Å². The van der Waals surface area contributed by atoms with Crippen LogP contribution in [0.3, 0.4) is 0 Å². The van der Waals surface area contributed by atoms with Crippen molar-refractivity contribution in [2.45, 2.75) is 77.3 Å². The summed E-state index contributed by atoms with van der Waals surface area (Å²) in [5, 5.41) is 0. The fourth-order valence-electron chi connectivity index (χ4n) is 4.75. The summed E-state index contributed by atoms with van der Waals surface area (Å²) in [6.45, 7) is 15.5. The number of aryl methyl sites for hydroxylation is 2. The molecule has 2 atom stereocenters. The fourth-order valence-corrected chi connectivity index (χ4v) is 7.58. The van der Waals surface area contributed by atoms with E-state index in [2.05, 4.69) is 9.44 Å². The first-order chi connectivity index (χ1) is 20.4. The zero-order valence-corrected chi connectivity index (χ0v) is 28.2. The van der Waals surface area contributed by atoms with Crippen molar-refractivity contribution in [3.63, 3.8) is 0 Å². The van der Waals surface area contributed by atoms with Crippen LogP contribution in [0.2, 0.25) is 0 Å². The molecule has 0 aliphatic heterocycles. The van der Waals surface area contributed by atoms with Gasteiger partial charge in [0.1, 0.15) is 0 Å². The van der Waals surface area contributed by atoms with Crippen molar-refractivity contribution in [1.29, 1.82) is 0 Å². The number of hydrogen-bond acceptors (Lipinski definition) is 6. The molecule has 2 heterocycles. The van der Waals surface area contributed by atoms with Crippen molar-refractivity contribution in [3.8, 4) is 11.4 Å². The van der Waals surface area contributed by atoms with Crippen LogP contribution in [0, 0.1) is 24.7 Å². The Morgan fingerprint density at radius 3 is 1.14 bits per heavy atom. The topological polar surface area (TPSA) is 118 Å². The van der Waals surface area contributed by atoms with Gasteiger partial charge in [-0.05, 0) is 73.2 Å². The largest absolute Gasteiger partial charge is 0.249 e. The predicted molar refractivity (Wildman–Crippen MR) is 175 cm³/mol. The van der Waals surface area contributed by atoms with Crippen LogP contribution in [0.1, 0.15) is 76.1 Å². The summed E-state index contributed by atoms with van der Waals surface area (Å²) in [6.07, 6.45) is 0. The van der Waals surface area contributed by atoms with Crippen molar-refractivity contribution in [1.82, 2.24) is 19.4 Å². The van der Waals surface area contributed by atoms with Gasteiger partial charge < -0.3 is 0 Å². The molecular weight excluding hydrogens is 593 g/mol. The summed E-state index contributed by atoms with van der Waals surface area (Å²) < 4.78 is 59.2. The molecule has 0 amide bonds. The van der Waals surface area contributed by atoms with Gasteiger partial charge in [-0.3, -0.25) is 0 Å². The van der Waals surface area contributed by atoms with Crippen molar-refractivity contribution in [2.24, 2.45) is 10.8 Å². The number of nitrogens with zero attached hydrogens (tertiary/aromatic N) is 2. The van der Waals surface area contributed by atoms with Gasteiger partial charge in [-0.15, -0.1) is 0 Å². The highest BCUT2D eigenvalue weighted by atomic mass is 32.2. The molecule has 0 saturated heterocycles. The smallest absolute Gasteiger partial charge is 0.241 e. The van der Waals surface area contributed by atoms with Crippen LogP contribution < -0.4 is 9.44 Å². The van der Waals surface area contributed by atoms with Crippen LogP contribution in [0.25, 0.3) is 11.4 Å². The number of nitrogens with one attached hydrogen (secondary N) is 2. The average molecular weight is 635 g/mol. The number of sulfonamides is 2. The lowest BCUT2D eigenvalue weighted by molar-refractivity contribution is 0.298. The normalized spacial score (nSPS) is 14.3. The van der Waals surface area contributed by atoms with Gasteiger partial charge in [-0.2, -0.15) is 0 Å². The van der Waals surface area contributed by atoms with E-state index in [-0.39, 0.29) is 9.79 Å². The van der Waals surface area contributed by atoms with Crippen molar-refractivity contribution in [3.05, 3.63) is 107 Å². The molecule has 0 fully saturated rings. The summed E-state index contributed by atoms with van der Waals surface area (Å²) in [5.74, 6) is 0. The molecule has 0 bridgehead atoms. The zero-order valence-electron chi connectivity index (χ0n) is 26.6. The van der Waals surface area contributed by atoms with E-state index in [1.807, 2.05) is 79.7 Å². The number of hydrogen-bond donors (Lipinski definition) is 2. The van der Waals surface area contributed by atoms with Gasteiger partial charge in [0.05, 0.1) is 44.7 Å². The highest BCUT2D eigenvalue weighted by Gasteiger charge is 2.34. The summed E-state index contributed by atoms with van der Waals surface area (Å²) in [4.78, 5) is 10.1. The monoisotopic (exact) mass is 634 g/mol. The first-order valence-electron chi connectivity index (χ1n) is 14.5. The molecule has 234 valence electrons. The van der Waals surface area contributed by atoms with E-state index in [1.165, 1.54) is 0 Å². The lowest BCUT2D eigenvalue weighted by atomic mass is 9.85. The molecule has 0 saturated carbocycles. The third-order valence-corrected chi connectivity index (χ3v) is 10.2. The minimum absolute atomic E-state index is 0.184. The van der Waals surface area contributed by atoms with Crippen molar-refractivity contribution in [2.75, 3.05) is 0 Å². The van der Waals surface area contributed by atoms with Gasteiger partial charge in [-0.25, -0.2) is 36.2 Å².